The van der Waals surface area contributed by atoms with Crippen LogP contribution in [0.25, 0.3) is 0 Å². The van der Waals surface area contributed by atoms with Gasteiger partial charge in [0.15, 0.2) is 6.23 Å². The highest BCUT2D eigenvalue weighted by Crippen LogP contribution is 2.44. The van der Waals surface area contributed by atoms with Crippen LogP contribution in [0.2, 0.25) is 25.7 Å². The summed E-state index contributed by atoms with van der Waals surface area (Å²) in [6, 6.07) is 10.1. The average molecular weight is 610 g/mol. The van der Waals surface area contributed by atoms with Crippen molar-refractivity contribution in [3.8, 4) is 0 Å². The van der Waals surface area contributed by atoms with E-state index >= 15 is 0 Å². The molecule has 0 spiro atoms. The lowest BCUT2D eigenvalue weighted by Gasteiger charge is -2.55. The van der Waals surface area contributed by atoms with E-state index in [9.17, 15) is 14.4 Å². The Morgan fingerprint density at radius 1 is 1.10 bits per heavy atom. The van der Waals surface area contributed by atoms with Crippen LogP contribution in [0.1, 0.15) is 25.8 Å². The van der Waals surface area contributed by atoms with Gasteiger partial charge in [-0.05, 0) is 11.6 Å². The molecule has 1 aromatic carbocycles. The third-order valence-corrected chi connectivity index (χ3v) is 9.51. The number of carbonyl (C=O) groups excluding carboxylic acids is 3. The van der Waals surface area contributed by atoms with Crippen LogP contribution in [0.4, 0.5) is 9.59 Å². The van der Waals surface area contributed by atoms with Crippen LogP contribution in [0.5, 0.6) is 0 Å². The van der Waals surface area contributed by atoms with E-state index in [0.717, 1.165) is 16.5 Å². The van der Waals surface area contributed by atoms with E-state index in [2.05, 4.69) is 19.6 Å². The minimum Gasteiger partial charge on any atom is -0.449 e. The van der Waals surface area contributed by atoms with Gasteiger partial charge >= 0.3 is 12.2 Å². The summed E-state index contributed by atoms with van der Waals surface area (Å²) in [6.07, 6.45) is -5.56. The fraction of sp³-hybridized carbons (Fsp3) is 0.690. The predicted octanol–water partition coefficient (Wildman–Crippen LogP) is 3.94. The summed E-state index contributed by atoms with van der Waals surface area (Å²) in [4.78, 5) is 39.6. The summed E-state index contributed by atoms with van der Waals surface area (Å²) in [5.41, 5.74) is 0.287. The van der Waals surface area contributed by atoms with E-state index in [1.807, 2.05) is 44.2 Å². The summed E-state index contributed by atoms with van der Waals surface area (Å²) < 4.78 is 45.9. The number of benzene rings is 1. The number of methoxy groups -OCH3 is 1. The largest absolute Gasteiger partial charge is 0.508 e. The lowest BCUT2D eigenvalue weighted by atomic mass is 9.72. The topological polar surface area (TPSA) is 128 Å². The monoisotopic (exact) mass is 609 g/mol. The van der Waals surface area contributed by atoms with Crippen molar-refractivity contribution in [1.82, 2.24) is 4.90 Å². The second-order valence-corrected chi connectivity index (χ2v) is 18.2. The van der Waals surface area contributed by atoms with Crippen molar-refractivity contribution in [3.63, 3.8) is 0 Å². The van der Waals surface area contributed by atoms with Gasteiger partial charge in [-0.25, -0.2) is 14.5 Å². The van der Waals surface area contributed by atoms with E-state index in [1.165, 1.54) is 0 Å². The summed E-state index contributed by atoms with van der Waals surface area (Å²) in [5, 5.41) is 0. The van der Waals surface area contributed by atoms with Crippen LogP contribution in [0.15, 0.2) is 30.3 Å². The normalized spacial score (nSPS) is 28.8. The SMILES string of the molecule is CO[C@@H]1[C@H]2OCO[C@H](N(C(=O)COCc3ccccc3)C(=O)OCC[Si](C)(C)C)[C@H]2O[C@H](C[C@H]2COC(=O)O2)C1(C)C. The molecule has 12 nitrogen and oxygen atoms in total. The van der Waals surface area contributed by atoms with Gasteiger partial charge in [-0.1, -0.05) is 63.8 Å². The Morgan fingerprint density at radius 3 is 2.48 bits per heavy atom. The molecule has 3 aliphatic rings. The zero-order valence-electron chi connectivity index (χ0n) is 25.2. The molecule has 0 saturated carbocycles. The van der Waals surface area contributed by atoms with Gasteiger partial charge < -0.3 is 37.9 Å². The maximum absolute atomic E-state index is 13.6. The highest BCUT2D eigenvalue weighted by molar-refractivity contribution is 6.76. The predicted molar refractivity (Wildman–Crippen MR) is 151 cm³/mol. The first-order valence-corrected chi connectivity index (χ1v) is 18.0. The number of nitrogens with zero attached hydrogens (tertiary/aromatic N) is 1. The molecular weight excluding hydrogens is 566 g/mol. The summed E-state index contributed by atoms with van der Waals surface area (Å²) >= 11 is 0. The molecule has 6 atom stereocenters. The van der Waals surface area contributed by atoms with Gasteiger partial charge in [0.2, 0.25) is 0 Å². The molecule has 4 rings (SSSR count). The fourth-order valence-electron chi connectivity index (χ4n) is 5.42. The Balaban J connectivity index is 1.56. The van der Waals surface area contributed by atoms with Crippen molar-refractivity contribution in [2.75, 3.05) is 33.7 Å². The minimum atomic E-state index is -1.52. The standard InChI is InChI=1S/C29H43NO11Si/c1-29(2)21(14-20-16-37-28(33)40-20)41-24-23(25(29)34-3)38-18-39-26(24)30(27(32)36-12-13-42(4,5)6)22(31)17-35-15-19-10-8-7-9-11-19/h7-11,20-21,23-26H,12-18H2,1-6H3/t20-,21+,23-,24-,25+,26-/m0/s1. The van der Waals surface area contributed by atoms with Crippen LogP contribution < -0.4 is 0 Å². The van der Waals surface area contributed by atoms with E-state index < -0.39 is 68.4 Å². The number of imide groups is 1. The van der Waals surface area contributed by atoms with Crippen LogP contribution in [-0.2, 0) is 49.3 Å². The number of hydrogen-bond donors (Lipinski definition) is 0. The number of rotatable bonds is 11. The highest BCUT2D eigenvalue weighted by Gasteiger charge is 2.58. The van der Waals surface area contributed by atoms with Crippen molar-refractivity contribution < 1.29 is 52.3 Å². The van der Waals surface area contributed by atoms with E-state index in [0.29, 0.717) is 6.42 Å². The molecule has 0 aromatic heterocycles. The number of carbonyl (C=O) groups is 3. The van der Waals surface area contributed by atoms with Gasteiger partial charge in [0, 0.05) is 27.0 Å². The lowest BCUT2D eigenvalue weighted by Crippen LogP contribution is -2.69. The number of hydrogen-bond acceptors (Lipinski definition) is 11. The number of amides is 2. The number of cyclic esters (lactones) is 2. The van der Waals surface area contributed by atoms with Gasteiger partial charge in [-0.3, -0.25) is 4.79 Å². The molecule has 0 radical (unpaired) electrons. The Morgan fingerprint density at radius 2 is 1.83 bits per heavy atom. The molecule has 0 N–H and O–H groups in total. The Kier molecular flexibility index (Phi) is 10.7. The lowest BCUT2D eigenvalue weighted by molar-refractivity contribution is -0.342. The average Bonchev–Trinajstić information content (AvgIpc) is 3.34. The summed E-state index contributed by atoms with van der Waals surface area (Å²) in [5.74, 6) is -0.633. The Bertz CT molecular complexity index is 1080. The molecule has 3 saturated heterocycles. The Hall–Kier alpha value is -2.55. The smallest absolute Gasteiger partial charge is 0.449 e. The summed E-state index contributed by atoms with van der Waals surface area (Å²) in [6.45, 7) is 10.3. The highest BCUT2D eigenvalue weighted by atomic mass is 28.3. The maximum Gasteiger partial charge on any atom is 0.508 e. The zero-order chi connectivity index (χ0) is 30.5. The fourth-order valence-corrected chi connectivity index (χ4v) is 6.13. The summed E-state index contributed by atoms with van der Waals surface area (Å²) in [7, 11) is 0.0547. The molecule has 2 amide bonds. The third-order valence-electron chi connectivity index (χ3n) is 7.80. The van der Waals surface area contributed by atoms with Gasteiger partial charge in [0.05, 0.1) is 25.4 Å². The van der Waals surface area contributed by atoms with Crippen molar-refractivity contribution >= 4 is 26.2 Å². The van der Waals surface area contributed by atoms with Gasteiger partial charge in [0.1, 0.15) is 38.3 Å². The zero-order valence-corrected chi connectivity index (χ0v) is 26.2. The molecule has 3 aliphatic heterocycles. The van der Waals surface area contributed by atoms with E-state index in [-0.39, 0.29) is 33.2 Å². The van der Waals surface area contributed by atoms with Crippen molar-refractivity contribution in [3.05, 3.63) is 35.9 Å². The minimum absolute atomic E-state index is 0.101. The number of fused-ring (bicyclic) bond motifs is 1. The van der Waals surface area contributed by atoms with Gasteiger partial charge in [-0.2, -0.15) is 0 Å². The molecule has 3 fully saturated rings. The molecule has 0 bridgehead atoms. The Labute approximate surface area is 247 Å². The molecule has 234 valence electrons. The van der Waals surface area contributed by atoms with Crippen molar-refractivity contribution in [1.29, 1.82) is 0 Å². The first-order valence-electron chi connectivity index (χ1n) is 14.3. The first-order chi connectivity index (χ1) is 19.9. The number of ether oxygens (including phenoxy) is 8. The van der Waals surface area contributed by atoms with Crippen LogP contribution in [0.3, 0.4) is 0 Å². The van der Waals surface area contributed by atoms with Crippen LogP contribution in [-0.4, -0.2) is 102 Å². The third kappa shape index (κ3) is 7.88. The van der Waals surface area contributed by atoms with E-state index in [4.69, 9.17) is 37.9 Å². The second kappa shape index (κ2) is 13.8. The quantitative estimate of drug-likeness (QED) is 0.267. The van der Waals surface area contributed by atoms with E-state index in [1.54, 1.807) is 7.11 Å². The molecular formula is C29H43NO11Si. The molecule has 13 heteroatoms. The van der Waals surface area contributed by atoms with Crippen LogP contribution >= 0.6 is 0 Å². The molecule has 1 aromatic rings. The maximum atomic E-state index is 13.6. The second-order valence-electron chi connectivity index (χ2n) is 12.6. The molecule has 3 heterocycles. The van der Waals surface area contributed by atoms with Gasteiger partial charge in [0.25, 0.3) is 5.91 Å². The molecule has 42 heavy (non-hydrogen) atoms. The van der Waals surface area contributed by atoms with Crippen LogP contribution in [0, 0.1) is 5.41 Å². The first kappa shape index (κ1) is 32.4. The van der Waals surface area contributed by atoms with Crippen molar-refractivity contribution in [2.24, 2.45) is 5.41 Å². The molecule has 0 unspecified atom stereocenters. The van der Waals surface area contributed by atoms with Crippen molar-refractivity contribution in [2.45, 2.75) is 89.3 Å². The molecule has 0 aliphatic carbocycles. The van der Waals surface area contributed by atoms with Gasteiger partial charge in [-0.15, -0.1) is 0 Å².